The minimum absolute atomic E-state index is 0.0459. The third-order valence-corrected chi connectivity index (χ3v) is 8.54. The summed E-state index contributed by atoms with van der Waals surface area (Å²) in [6.07, 6.45) is 1.09. The molecule has 30 heavy (non-hydrogen) atoms. The minimum atomic E-state index is -3.71. The van der Waals surface area contributed by atoms with E-state index in [2.05, 4.69) is 9.98 Å². The van der Waals surface area contributed by atoms with Gasteiger partial charge < -0.3 is 5.73 Å². The van der Waals surface area contributed by atoms with Gasteiger partial charge in [0.2, 0.25) is 0 Å². The van der Waals surface area contributed by atoms with E-state index in [1.54, 1.807) is 6.92 Å². The lowest BCUT2D eigenvalue weighted by Crippen LogP contribution is -2.56. The molecule has 2 aromatic rings. The summed E-state index contributed by atoms with van der Waals surface area (Å²) in [6, 6.07) is 6.44. The van der Waals surface area contributed by atoms with E-state index in [9.17, 15) is 22.0 Å². The number of sulfone groups is 1. The Labute approximate surface area is 174 Å². The zero-order chi connectivity index (χ0) is 22.3. The van der Waals surface area contributed by atoms with Gasteiger partial charge in [0.15, 0.2) is 15.6 Å². The van der Waals surface area contributed by atoms with Crippen molar-refractivity contribution in [3.8, 4) is 0 Å². The molecular weight excluding hydrogens is 412 g/mol. The Morgan fingerprint density at radius 1 is 1.20 bits per heavy atom. The molecule has 2 N–H and O–H groups in total. The first kappa shape index (κ1) is 22.0. The summed E-state index contributed by atoms with van der Waals surface area (Å²) >= 11 is 0. The number of pyridine rings is 1. The average molecular weight is 435 g/mol. The van der Waals surface area contributed by atoms with E-state index in [1.807, 2.05) is 0 Å². The van der Waals surface area contributed by atoms with Crippen LogP contribution in [-0.4, -0.2) is 35.5 Å². The van der Waals surface area contributed by atoms with Gasteiger partial charge in [0.1, 0.15) is 33.4 Å². The highest BCUT2D eigenvalue weighted by Crippen LogP contribution is 2.39. The van der Waals surface area contributed by atoms with E-state index >= 15 is 0 Å². The van der Waals surface area contributed by atoms with Crippen LogP contribution in [-0.2, 0) is 21.8 Å². The zero-order valence-electron chi connectivity index (χ0n) is 16.9. The molecular formula is C21H23F2N3O3S. The van der Waals surface area contributed by atoms with Gasteiger partial charge >= 0.3 is 0 Å². The molecule has 160 valence electrons. The van der Waals surface area contributed by atoms with E-state index in [4.69, 9.17) is 5.73 Å². The van der Waals surface area contributed by atoms with Crippen LogP contribution in [0.5, 0.6) is 0 Å². The normalized spacial score (nSPS) is 25.6. The number of rotatable bonds is 5. The Morgan fingerprint density at radius 2 is 1.90 bits per heavy atom. The molecule has 0 unspecified atom stereocenters. The molecule has 1 aromatic heterocycles. The van der Waals surface area contributed by atoms with Crippen LogP contribution >= 0.6 is 0 Å². The Bertz CT molecular complexity index is 1130. The first-order chi connectivity index (χ1) is 13.9. The molecule has 0 aliphatic carbocycles. The summed E-state index contributed by atoms with van der Waals surface area (Å²) in [6.45, 7) is 4.74. The van der Waals surface area contributed by atoms with Crippen LogP contribution in [0, 0.1) is 11.6 Å². The van der Waals surface area contributed by atoms with Gasteiger partial charge in [-0.15, -0.1) is 0 Å². The SMILES string of the molecule is CC[C@@]1(C)C(N)=N[C@](C)(c2cc(CC(=O)c3ccc(F)cn3)ccc2F)CS1(=O)=O. The summed E-state index contributed by atoms with van der Waals surface area (Å²) in [5.74, 6) is -2.04. The molecule has 1 aromatic carbocycles. The largest absolute Gasteiger partial charge is 0.386 e. The van der Waals surface area contributed by atoms with E-state index in [1.165, 1.54) is 38.1 Å². The van der Waals surface area contributed by atoms with Crippen molar-refractivity contribution in [2.24, 2.45) is 10.7 Å². The maximum Gasteiger partial charge on any atom is 0.185 e. The zero-order valence-corrected chi connectivity index (χ0v) is 17.8. The lowest BCUT2D eigenvalue weighted by atomic mass is 9.90. The van der Waals surface area contributed by atoms with Crippen LogP contribution in [0.1, 0.15) is 48.8 Å². The number of ketones is 1. The molecule has 0 amide bonds. The average Bonchev–Trinajstić information content (AvgIpc) is 2.67. The summed E-state index contributed by atoms with van der Waals surface area (Å²) in [4.78, 5) is 20.6. The van der Waals surface area contributed by atoms with Gasteiger partial charge in [0.05, 0.1) is 11.9 Å². The van der Waals surface area contributed by atoms with Gasteiger partial charge in [-0.3, -0.25) is 14.8 Å². The van der Waals surface area contributed by atoms with Gasteiger partial charge in [0.25, 0.3) is 0 Å². The van der Waals surface area contributed by atoms with Gasteiger partial charge in [-0.1, -0.05) is 13.0 Å². The Kier molecular flexibility index (Phi) is 5.53. The molecule has 0 saturated carbocycles. The molecule has 3 rings (SSSR count). The lowest BCUT2D eigenvalue weighted by Gasteiger charge is -2.39. The number of halogens is 2. The van der Waals surface area contributed by atoms with E-state index in [-0.39, 0.29) is 35.7 Å². The fourth-order valence-electron chi connectivity index (χ4n) is 3.56. The number of nitrogens with zero attached hydrogens (tertiary/aromatic N) is 2. The number of hydrogen-bond donors (Lipinski definition) is 1. The van der Waals surface area contributed by atoms with Crippen molar-refractivity contribution in [2.45, 2.75) is 43.9 Å². The number of carbonyl (C=O) groups excluding carboxylic acids is 1. The van der Waals surface area contributed by atoms with Crippen LogP contribution in [0.3, 0.4) is 0 Å². The predicted molar refractivity (Wildman–Crippen MR) is 110 cm³/mol. The summed E-state index contributed by atoms with van der Waals surface area (Å²) in [5, 5.41) is 0. The molecule has 2 heterocycles. The van der Waals surface area contributed by atoms with Crippen LogP contribution < -0.4 is 5.73 Å². The monoisotopic (exact) mass is 435 g/mol. The molecule has 9 heteroatoms. The van der Waals surface area contributed by atoms with Crippen molar-refractivity contribution in [3.63, 3.8) is 0 Å². The first-order valence-electron chi connectivity index (χ1n) is 9.43. The fraction of sp³-hybridized carbons (Fsp3) is 0.381. The fourth-order valence-corrected chi connectivity index (χ4v) is 5.64. The Morgan fingerprint density at radius 3 is 2.47 bits per heavy atom. The third kappa shape index (κ3) is 3.74. The smallest absolute Gasteiger partial charge is 0.185 e. The second kappa shape index (κ2) is 7.54. The molecule has 0 radical (unpaired) electrons. The Balaban J connectivity index is 1.99. The van der Waals surface area contributed by atoms with Crippen LogP contribution in [0.15, 0.2) is 41.5 Å². The summed E-state index contributed by atoms with van der Waals surface area (Å²) in [7, 11) is -3.71. The molecule has 0 fully saturated rings. The number of carbonyl (C=O) groups is 1. The number of nitrogens with two attached hydrogens (primary N) is 1. The van der Waals surface area contributed by atoms with Gasteiger partial charge in [-0.25, -0.2) is 17.2 Å². The van der Waals surface area contributed by atoms with E-state index in [0.717, 1.165) is 12.3 Å². The van der Waals surface area contributed by atoms with Crippen molar-refractivity contribution in [1.82, 2.24) is 4.98 Å². The number of hydrogen-bond acceptors (Lipinski definition) is 6. The predicted octanol–water partition coefficient (Wildman–Crippen LogP) is 2.95. The number of benzene rings is 1. The summed E-state index contributed by atoms with van der Waals surface area (Å²) in [5.41, 5.74) is 5.18. The van der Waals surface area contributed by atoms with Gasteiger partial charge in [-0.05, 0) is 50.1 Å². The molecule has 2 atom stereocenters. The minimum Gasteiger partial charge on any atom is -0.386 e. The standard InChI is InChI=1S/C21H23F2N3O3S/c1-4-21(3)19(24)26-20(2,12-30(21,28)29)15-9-13(5-7-16(15)23)10-18(27)17-8-6-14(22)11-25-17/h5-9,11H,4,10,12H2,1-3H3,(H2,24,26)/t20-,21-/m0/s1. The second-order valence-electron chi connectivity index (χ2n) is 7.89. The maximum atomic E-state index is 14.7. The molecule has 1 aliphatic rings. The van der Waals surface area contributed by atoms with Crippen LogP contribution in [0.4, 0.5) is 8.78 Å². The molecule has 1 aliphatic heterocycles. The van der Waals surface area contributed by atoms with Crippen molar-refractivity contribution >= 4 is 21.5 Å². The number of Topliss-reactive ketones (excluding diaryl/α,β-unsaturated/α-hetero) is 1. The highest BCUT2D eigenvalue weighted by molar-refractivity contribution is 7.93. The summed E-state index contributed by atoms with van der Waals surface area (Å²) < 4.78 is 52.3. The van der Waals surface area contributed by atoms with Crippen LogP contribution in [0.2, 0.25) is 0 Å². The van der Waals surface area contributed by atoms with Crippen LogP contribution in [0.25, 0.3) is 0 Å². The van der Waals surface area contributed by atoms with Gasteiger partial charge in [0, 0.05) is 12.0 Å². The first-order valence-corrected chi connectivity index (χ1v) is 11.1. The quantitative estimate of drug-likeness (QED) is 0.728. The van der Waals surface area contributed by atoms with Crippen molar-refractivity contribution in [2.75, 3.05) is 5.75 Å². The number of aromatic nitrogens is 1. The molecule has 0 saturated heterocycles. The molecule has 0 spiro atoms. The number of aliphatic imine (C=N–C) groups is 1. The maximum absolute atomic E-state index is 14.7. The topological polar surface area (TPSA) is 102 Å². The Hall–Kier alpha value is -2.68. The van der Waals surface area contributed by atoms with Crippen molar-refractivity contribution in [1.29, 1.82) is 0 Å². The van der Waals surface area contributed by atoms with Gasteiger partial charge in [-0.2, -0.15) is 0 Å². The molecule has 0 bridgehead atoms. The van der Waals surface area contributed by atoms with Crippen molar-refractivity contribution < 1.29 is 22.0 Å². The molecule has 6 nitrogen and oxygen atoms in total. The third-order valence-electron chi connectivity index (χ3n) is 5.73. The van der Waals surface area contributed by atoms with Crippen molar-refractivity contribution in [3.05, 3.63) is 65.0 Å². The highest BCUT2D eigenvalue weighted by atomic mass is 32.2. The second-order valence-corrected chi connectivity index (χ2v) is 10.3. The highest BCUT2D eigenvalue weighted by Gasteiger charge is 2.51. The van der Waals surface area contributed by atoms with E-state index in [0.29, 0.717) is 5.56 Å². The van der Waals surface area contributed by atoms with E-state index < -0.39 is 37.5 Å². The number of amidine groups is 1. The lowest BCUT2D eigenvalue weighted by molar-refractivity contribution is 0.0988.